The average Bonchev–Trinajstić information content (AvgIpc) is 2.76. The normalized spacial score (nSPS) is 10.6. The van der Waals surface area contributed by atoms with Crippen molar-refractivity contribution in [1.29, 1.82) is 0 Å². The number of hydrogen-bond acceptors (Lipinski definition) is 3. The highest BCUT2D eigenvalue weighted by atomic mass is 19.1. The molecule has 1 heterocycles. The molecule has 0 radical (unpaired) electrons. The first-order valence-electron chi connectivity index (χ1n) is 5.28. The molecule has 1 N–H and O–H groups in total. The molecule has 0 amide bonds. The van der Waals surface area contributed by atoms with Crippen LogP contribution >= 0.6 is 0 Å². The second-order valence-electron chi connectivity index (χ2n) is 3.88. The number of halogens is 1. The molecule has 5 nitrogen and oxygen atoms in total. The Morgan fingerprint density at radius 1 is 1.39 bits per heavy atom. The van der Waals surface area contributed by atoms with E-state index in [0.717, 1.165) is 18.2 Å². The number of aromatic nitrogens is 1. The first kappa shape index (κ1) is 12.3. The number of rotatable bonds is 4. The van der Waals surface area contributed by atoms with Gasteiger partial charge in [-0.15, -0.1) is 0 Å². The lowest BCUT2D eigenvalue weighted by Crippen LogP contribution is -2.02. The minimum Gasteiger partial charge on any atom is -0.392 e. The third-order valence-electron chi connectivity index (χ3n) is 2.59. The standard InChI is InChI=1S/C12H11FN2O3/c13-11-1-2-12(15(17)18)10(5-11)7-14-4-3-9(6-14)8-16/h1-6,16H,7-8H2. The van der Waals surface area contributed by atoms with Crippen LogP contribution in [0, 0.1) is 15.9 Å². The number of aliphatic hydroxyl groups is 1. The van der Waals surface area contributed by atoms with E-state index in [4.69, 9.17) is 5.11 Å². The average molecular weight is 250 g/mol. The maximum Gasteiger partial charge on any atom is 0.274 e. The van der Waals surface area contributed by atoms with Crippen molar-refractivity contribution in [2.24, 2.45) is 0 Å². The van der Waals surface area contributed by atoms with Gasteiger partial charge in [-0.3, -0.25) is 10.1 Å². The SMILES string of the molecule is O=[N+]([O-])c1ccc(F)cc1Cn1ccc(CO)c1. The fraction of sp³-hybridized carbons (Fsp3) is 0.167. The van der Waals surface area contributed by atoms with Crippen LogP contribution in [0.2, 0.25) is 0 Å². The van der Waals surface area contributed by atoms with E-state index in [1.54, 1.807) is 23.0 Å². The van der Waals surface area contributed by atoms with Gasteiger partial charge < -0.3 is 9.67 Å². The van der Waals surface area contributed by atoms with E-state index in [9.17, 15) is 14.5 Å². The smallest absolute Gasteiger partial charge is 0.274 e. The van der Waals surface area contributed by atoms with E-state index >= 15 is 0 Å². The van der Waals surface area contributed by atoms with Gasteiger partial charge in [-0.1, -0.05) is 0 Å². The molecule has 0 saturated heterocycles. The molecule has 18 heavy (non-hydrogen) atoms. The van der Waals surface area contributed by atoms with Crippen molar-refractivity contribution in [2.45, 2.75) is 13.2 Å². The van der Waals surface area contributed by atoms with Crippen molar-refractivity contribution in [3.63, 3.8) is 0 Å². The zero-order valence-electron chi connectivity index (χ0n) is 9.41. The summed E-state index contributed by atoms with van der Waals surface area (Å²) in [5, 5.41) is 19.7. The maximum absolute atomic E-state index is 13.1. The Morgan fingerprint density at radius 3 is 2.78 bits per heavy atom. The molecule has 0 saturated carbocycles. The van der Waals surface area contributed by atoms with Crippen LogP contribution in [0.3, 0.4) is 0 Å². The summed E-state index contributed by atoms with van der Waals surface area (Å²) < 4.78 is 14.8. The Balaban J connectivity index is 2.32. The first-order valence-corrected chi connectivity index (χ1v) is 5.28. The van der Waals surface area contributed by atoms with Crippen LogP contribution in [-0.2, 0) is 13.2 Å². The zero-order valence-corrected chi connectivity index (χ0v) is 9.41. The van der Waals surface area contributed by atoms with Crippen LogP contribution in [-0.4, -0.2) is 14.6 Å². The van der Waals surface area contributed by atoms with Gasteiger partial charge in [0.1, 0.15) is 5.82 Å². The Morgan fingerprint density at radius 2 is 2.17 bits per heavy atom. The first-order chi connectivity index (χ1) is 8.60. The molecule has 0 fully saturated rings. The summed E-state index contributed by atoms with van der Waals surface area (Å²) in [5.41, 5.74) is 0.879. The molecule has 0 unspecified atom stereocenters. The highest BCUT2D eigenvalue weighted by Gasteiger charge is 2.14. The second-order valence-corrected chi connectivity index (χ2v) is 3.88. The summed E-state index contributed by atoms with van der Waals surface area (Å²) in [6.07, 6.45) is 3.34. The zero-order chi connectivity index (χ0) is 13.1. The molecular weight excluding hydrogens is 239 g/mol. The molecule has 0 aliphatic heterocycles. The molecule has 0 spiro atoms. The molecule has 0 aliphatic rings. The third kappa shape index (κ3) is 2.54. The summed E-state index contributed by atoms with van der Waals surface area (Å²) in [5.74, 6) is -0.509. The van der Waals surface area contributed by atoms with Crippen LogP contribution in [0.4, 0.5) is 10.1 Å². The van der Waals surface area contributed by atoms with Gasteiger partial charge in [0.25, 0.3) is 5.69 Å². The monoisotopic (exact) mass is 250 g/mol. The lowest BCUT2D eigenvalue weighted by Gasteiger charge is -2.04. The van der Waals surface area contributed by atoms with Gasteiger partial charge in [0, 0.05) is 18.5 Å². The van der Waals surface area contributed by atoms with Gasteiger partial charge >= 0.3 is 0 Å². The number of benzene rings is 1. The van der Waals surface area contributed by atoms with Crippen molar-refractivity contribution in [1.82, 2.24) is 4.57 Å². The summed E-state index contributed by atoms with van der Waals surface area (Å²) in [6.45, 7) is 0.0896. The Hall–Kier alpha value is -2.21. The van der Waals surface area contributed by atoms with Gasteiger partial charge in [-0.05, 0) is 23.8 Å². The Kier molecular flexibility index (Phi) is 3.38. The molecule has 2 rings (SSSR count). The van der Waals surface area contributed by atoms with Gasteiger partial charge in [0.05, 0.1) is 23.6 Å². The molecule has 2 aromatic rings. The van der Waals surface area contributed by atoms with Crippen molar-refractivity contribution in [3.05, 3.63) is 63.7 Å². The van der Waals surface area contributed by atoms with E-state index in [1.807, 2.05) is 0 Å². The van der Waals surface area contributed by atoms with Crippen LogP contribution in [0.15, 0.2) is 36.7 Å². The van der Waals surface area contributed by atoms with Gasteiger partial charge in [-0.2, -0.15) is 0 Å². The topological polar surface area (TPSA) is 68.3 Å². The van der Waals surface area contributed by atoms with E-state index in [2.05, 4.69) is 0 Å². The largest absolute Gasteiger partial charge is 0.392 e. The number of hydrogen-bond donors (Lipinski definition) is 1. The fourth-order valence-electron chi connectivity index (χ4n) is 1.74. The molecule has 94 valence electrons. The summed E-state index contributed by atoms with van der Waals surface area (Å²) in [7, 11) is 0. The lowest BCUT2D eigenvalue weighted by atomic mass is 10.1. The van der Waals surface area contributed by atoms with Crippen LogP contribution < -0.4 is 0 Å². The minimum absolute atomic E-state index is 0.0990. The second kappa shape index (κ2) is 4.97. The molecule has 0 bridgehead atoms. The number of nitro groups is 1. The predicted octanol–water partition coefficient (Wildman–Crippen LogP) is 2.08. The number of nitrogens with zero attached hydrogens (tertiary/aromatic N) is 2. The van der Waals surface area contributed by atoms with E-state index in [0.29, 0.717) is 11.1 Å². The van der Waals surface area contributed by atoms with E-state index in [-0.39, 0.29) is 18.8 Å². The van der Waals surface area contributed by atoms with Crippen LogP contribution in [0.5, 0.6) is 0 Å². The lowest BCUT2D eigenvalue weighted by molar-refractivity contribution is -0.385. The minimum atomic E-state index is -0.536. The van der Waals surface area contributed by atoms with E-state index < -0.39 is 10.7 Å². The Bertz CT molecular complexity index is 580. The Labute approximate surface area is 102 Å². The molecule has 1 aromatic heterocycles. The number of nitro benzene ring substituents is 1. The molecule has 0 atom stereocenters. The summed E-state index contributed by atoms with van der Waals surface area (Å²) >= 11 is 0. The van der Waals surface area contributed by atoms with Crippen molar-refractivity contribution in [3.8, 4) is 0 Å². The fourth-order valence-corrected chi connectivity index (χ4v) is 1.74. The van der Waals surface area contributed by atoms with Crippen molar-refractivity contribution in [2.75, 3.05) is 0 Å². The molecule has 1 aromatic carbocycles. The van der Waals surface area contributed by atoms with Crippen LogP contribution in [0.25, 0.3) is 0 Å². The van der Waals surface area contributed by atoms with Crippen molar-refractivity contribution < 1.29 is 14.4 Å². The summed E-state index contributed by atoms with van der Waals surface area (Å²) in [4.78, 5) is 10.3. The van der Waals surface area contributed by atoms with Gasteiger partial charge in [0.2, 0.25) is 0 Å². The predicted molar refractivity (Wildman–Crippen MR) is 62.5 cm³/mol. The number of aliphatic hydroxyl groups excluding tert-OH is 1. The molecule has 6 heteroatoms. The van der Waals surface area contributed by atoms with E-state index in [1.165, 1.54) is 0 Å². The quantitative estimate of drug-likeness (QED) is 0.667. The van der Waals surface area contributed by atoms with Gasteiger partial charge in [0.15, 0.2) is 0 Å². The highest BCUT2D eigenvalue weighted by Crippen LogP contribution is 2.20. The highest BCUT2D eigenvalue weighted by molar-refractivity contribution is 5.40. The molecule has 0 aliphatic carbocycles. The van der Waals surface area contributed by atoms with Crippen molar-refractivity contribution >= 4 is 5.69 Å². The van der Waals surface area contributed by atoms with Gasteiger partial charge in [-0.25, -0.2) is 4.39 Å². The molecular formula is C12H11FN2O3. The third-order valence-corrected chi connectivity index (χ3v) is 2.59. The summed E-state index contributed by atoms with van der Waals surface area (Å²) in [6, 6.07) is 5.07. The van der Waals surface area contributed by atoms with Crippen LogP contribution in [0.1, 0.15) is 11.1 Å². The maximum atomic E-state index is 13.1.